The number of rotatable bonds is 10. The smallest absolute Gasteiger partial charge is 0.254 e. The third-order valence-electron chi connectivity index (χ3n) is 4.98. The fourth-order valence-corrected chi connectivity index (χ4v) is 4.11. The van der Waals surface area contributed by atoms with Crippen molar-refractivity contribution in [2.75, 3.05) is 13.1 Å². The van der Waals surface area contributed by atoms with Crippen molar-refractivity contribution in [2.45, 2.75) is 32.9 Å². The van der Waals surface area contributed by atoms with E-state index in [-0.39, 0.29) is 18.4 Å². The van der Waals surface area contributed by atoms with E-state index in [0.717, 1.165) is 23.3 Å². The van der Waals surface area contributed by atoms with Gasteiger partial charge in [0.2, 0.25) is 5.91 Å². The summed E-state index contributed by atoms with van der Waals surface area (Å²) in [5.74, 6) is -0.204. The maximum absolute atomic E-state index is 13.4. The van der Waals surface area contributed by atoms with Crippen LogP contribution in [0, 0.1) is 0 Å². The molecule has 0 fully saturated rings. The molecule has 0 atom stereocenters. The summed E-state index contributed by atoms with van der Waals surface area (Å²) in [6.07, 6.45) is 1.79. The van der Waals surface area contributed by atoms with Crippen LogP contribution in [0.15, 0.2) is 72.1 Å². The quantitative estimate of drug-likeness (QED) is 0.384. The Morgan fingerprint density at radius 2 is 1.65 bits per heavy atom. The molecule has 0 radical (unpaired) electrons. The molecule has 162 valence electrons. The number of hydrogen-bond acceptors (Lipinski definition) is 3. The first-order valence-corrected chi connectivity index (χ1v) is 11.7. The van der Waals surface area contributed by atoms with E-state index in [1.54, 1.807) is 40.5 Å². The van der Waals surface area contributed by atoms with Crippen molar-refractivity contribution >= 4 is 34.8 Å². The summed E-state index contributed by atoms with van der Waals surface area (Å²) in [4.78, 5) is 31.1. The van der Waals surface area contributed by atoms with Gasteiger partial charge >= 0.3 is 0 Å². The molecular weight excluding hydrogens is 428 g/mol. The van der Waals surface area contributed by atoms with Crippen molar-refractivity contribution in [1.29, 1.82) is 0 Å². The lowest BCUT2D eigenvalue weighted by Gasteiger charge is -2.28. The highest BCUT2D eigenvalue weighted by molar-refractivity contribution is 7.09. The Labute approximate surface area is 193 Å². The fourth-order valence-electron chi connectivity index (χ4n) is 3.27. The van der Waals surface area contributed by atoms with Crippen molar-refractivity contribution < 1.29 is 9.59 Å². The standard InChI is InChI=1S/C25H27ClN2O2S/c1-2-3-15-27(25(30)21-11-13-22(26)14-12-21)19-24(29)28(18-23-10-7-16-31-23)17-20-8-5-4-6-9-20/h4-14,16H,2-3,15,17-19H2,1H3. The number of amides is 2. The second-order valence-corrected chi connectivity index (χ2v) is 8.87. The highest BCUT2D eigenvalue weighted by Gasteiger charge is 2.22. The molecule has 3 rings (SSSR count). The van der Waals surface area contributed by atoms with Crippen molar-refractivity contribution in [3.8, 4) is 0 Å². The van der Waals surface area contributed by atoms with E-state index in [1.165, 1.54) is 0 Å². The Kier molecular flexibility index (Phi) is 8.68. The zero-order valence-electron chi connectivity index (χ0n) is 17.7. The van der Waals surface area contributed by atoms with E-state index >= 15 is 0 Å². The first-order chi connectivity index (χ1) is 15.1. The van der Waals surface area contributed by atoms with Crippen molar-refractivity contribution in [3.05, 3.63) is 93.1 Å². The molecule has 0 bridgehead atoms. The summed E-state index contributed by atoms with van der Waals surface area (Å²) in [5.41, 5.74) is 1.61. The number of unbranched alkanes of at least 4 members (excludes halogenated alkanes) is 1. The maximum atomic E-state index is 13.4. The van der Waals surface area contributed by atoms with E-state index in [9.17, 15) is 9.59 Å². The molecule has 0 saturated carbocycles. The minimum absolute atomic E-state index is 0.0552. The van der Waals surface area contributed by atoms with Crippen LogP contribution in [0.4, 0.5) is 0 Å². The predicted octanol–water partition coefficient (Wildman–Crippen LogP) is 5.87. The Morgan fingerprint density at radius 1 is 0.903 bits per heavy atom. The highest BCUT2D eigenvalue weighted by atomic mass is 35.5. The first-order valence-electron chi connectivity index (χ1n) is 10.5. The predicted molar refractivity (Wildman–Crippen MR) is 127 cm³/mol. The summed E-state index contributed by atoms with van der Waals surface area (Å²) in [7, 11) is 0. The van der Waals surface area contributed by atoms with E-state index < -0.39 is 0 Å². The summed E-state index contributed by atoms with van der Waals surface area (Å²) in [6, 6.07) is 20.8. The minimum Gasteiger partial charge on any atom is -0.332 e. The molecule has 3 aromatic rings. The molecule has 0 aliphatic carbocycles. The van der Waals surface area contributed by atoms with Crippen LogP contribution in [-0.2, 0) is 17.9 Å². The maximum Gasteiger partial charge on any atom is 0.254 e. The average molecular weight is 455 g/mol. The fraction of sp³-hybridized carbons (Fsp3) is 0.280. The van der Waals surface area contributed by atoms with Crippen molar-refractivity contribution in [2.24, 2.45) is 0 Å². The van der Waals surface area contributed by atoms with E-state index in [0.29, 0.717) is 30.2 Å². The van der Waals surface area contributed by atoms with Gasteiger partial charge in [0.1, 0.15) is 6.54 Å². The third kappa shape index (κ3) is 6.94. The normalized spacial score (nSPS) is 10.6. The number of nitrogens with zero attached hydrogens (tertiary/aromatic N) is 2. The molecule has 0 N–H and O–H groups in total. The molecule has 0 saturated heterocycles. The van der Waals surface area contributed by atoms with Crippen LogP contribution in [0.25, 0.3) is 0 Å². The molecule has 0 spiro atoms. The lowest BCUT2D eigenvalue weighted by Crippen LogP contribution is -2.42. The van der Waals surface area contributed by atoms with Crippen LogP contribution in [0.2, 0.25) is 5.02 Å². The van der Waals surface area contributed by atoms with Crippen LogP contribution < -0.4 is 0 Å². The monoisotopic (exact) mass is 454 g/mol. The minimum atomic E-state index is -0.144. The third-order valence-corrected chi connectivity index (χ3v) is 6.09. The zero-order chi connectivity index (χ0) is 22.1. The van der Waals surface area contributed by atoms with Gasteiger partial charge in [-0.25, -0.2) is 0 Å². The number of thiophene rings is 1. The van der Waals surface area contributed by atoms with Gasteiger partial charge in [0.15, 0.2) is 0 Å². The lowest BCUT2D eigenvalue weighted by molar-refractivity contribution is -0.133. The van der Waals surface area contributed by atoms with E-state index in [1.807, 2.05) is 52.7 Å². The topological polar surface area (TPSA) is 40.6 Å². The van der Waals surface area contributed by atoms with Crippen LogP contribution in [0.1, 0.15) is 40.6 Å². The van der Waals surface area contributed by atoms with Gasteiger partial charge in [-0.2, -0.15) is 0 Å². The van der Waals surface area contributed by atoms with Gasteiger partial charge < -0.3 is 9.80 Å². The Morgan fingerprint density at radius 3 is 2.29 bits per heavy atom. The second-order valence-electron chi connectivity index (χ2n) is 7.40. The van der Waals surface area contributed by atoms with E-state index in [4.69, 9.17) is 11.6 Å². The van der Waals surface area contributed by atoms with Gasteiger partial charge in [-0.05, 0) is 47.7 Å². The largest absolute Gasteiger partial charge is 0.332 e. The number of hydrogen-bond donors (Lipinski definition) is 0. The number of carbonyl (C=O) groups excluding carboxylic acids is 2. The van der Waals surface area contributed by atoms with Crippen LogP contribution in [0.5, 0.6) is 0 Å². The van der Waals surface area contributed by atoms with Gasteiger partial charge in [-0.15, -0.1) is 11.3 Å². The molecule has 1 heterocycles. The molecule has 4 nitrogen and oxygen atoms in total. The second kappa shape index (κ2) is 11.7. The van der Waals surface area contributed by atoms with Gasteiger partial charge in [0.05, 0.1) is 6.54 Å². The molecule has 31 heavy (non-hydrogen) atoms. The Balaban J connectivity index is 1.77. The van der Waals surface area contributed by atoms with E-state index in [2.05, 4.69) is 6.92 Å². The molecule has 0 unspecified atom stereocenters. The Bertz CT molecular complexity index is 959. The first kappa shape index (κ1) is 23.0. The molecule has 0 aliphatic heterocycles. The van der Waals surface area contributed by atoms with Gasteiger partial charge in [-0.3, -0.25) is 9.59 Å². The molecule has 1 aromatic heterocycles. The van der Waals surface area contributed by atoms with Gasteiger partial charge in [0.25, 0.3) is 5.91 Å². The van der Waals surface area contributed by atoms with Crippen molar-refractivity contribution in [3.63, 3.8) is 0 Å². The number of benzene rings is 2. The number of halogens is 1. The van der Waals surface area contributed by atoms with Crippen LogP contribution in [0.3, 0.4) is 0 Å². The summed E-state index contributed by atoms with van der Waals surface area (Å²) in [6.45, 7) is 3.71. The SMILES string of the molecule is CCCCN(CC(=O)N(Cc1ccccc1)Cc1cccs1)C(=O)c1ccc(Cl)cc1. The van der Waals surface area contributed by atoms with Gasteiger partial charge in [-0.1, -0.05) is 61.3 Å². The van der Waals surface area contributed by atoms with Crippen LogP contribution >= 0.6 is 22.9 Å². The molecule has 2 amide bonds. The summed E-state index contributed by atoms with van der Waals surface area (Å²) < 4.78 is 0. The lowest BCUT2D eigenvalue weighted by atomic mass is 10.1. The summed E-state index contributed by atoms with van der Waals surface area (Å²) >= 11 is 7.59. The molecule has 0 aliphatic rings. The molecular formula is C25H27ClN2O2S. The number of carbonyl (C=O) groups is 2. The molecule has 2 aromatic carbocycles. The highest BCUT2D eigenvalue weighted by Crippen LogP contribution is 2.17. The van der Waals surface area contributed by atoms with Crippen molar-refractivity contribution in [1.82, 2.24) is 9.80 Å². The van der Waals surface area contributed by atoms with Crippen LogP contribution in [-0.4, -0.2) is 34.7 Å². The van der Waals surface area contributed by atoms with Gasteiger partial charge in [0, 0.05) is 28.6 Å². The zero-order valence-corrected chi connectivity index (χ0v) is 19.2. The average Bonchev–Trinajstić information content (AvgIpc) is 3.30. The molecule has 6 heteroatoms. The summed E-state index contributed by atoms with van der Waals surface area (Å²) in [5, 5.41) is 2.59. The Hall–Kier alpha value is -2.63.